The second kappa shape index (κ2) is 7.67. The van der Waals surface area contributed by atoms with E-state index in [-0.39, 0.29) is 0 Å². The number of fused-ring (bicyclic) bond motifs is 1. The van der Waals surface area contributed by atoms with Crippen LogP contribution in [0.1, 0.15) is 5.69 Å². The fourth-order valence-electron chi connectivity index (χ4n) is 2.08. The summed E-state index contributed by atoms with van der Waals surface area (Å²) < 4.78 is 10.7. The van der Waals surface area contributed by atoms with E-state index in [0.717, 1.165) is 52.4 Å². The molecule has 0 fully saturated rings. The number of hydrogen-bond acceptors (Lipinski definition) is 6. The summed E-state index contributed by atoms with van der Waals surface area (Å²) in [6, 6.07) is 5.95. The molecule has 0 aliphatic carbocycles. The number of thioether (sulfide) groups is 1. The highest BCUT2D eigenvalue weighted by Crippen LogP contribution is 2.36. The van der Waals surface area contributed by atoms with Crippen LogP contribution in [0.4, 0.5) is 0 Å². The molecule has 4 nitrogen and oxygen atoms in total. The predicted molar refractivity (Wildman–Crippen MR) is 92.9 cm³/mol. The summed E-state index contributed by atoms with van der Waals surface area (Å²) in [6.45, 7) is 5.80. The SMILES string of the molecule is C=CCSCCNCc1csc(-c2ccc3c(c2)OCO3)n1. The molecular weight excluding hydrogens is 316 g/mol. The Bertz CT molecular complexity index is 643. The van der Waals surface area contributed by atoms with E-state index in [0.29, 0.717) is 6.79 Å². The summed E-state index contributed by atoms with van der Waals surface area (Å²) in [6.07, 6.45) is 1.93. The van der Waals surface area contributed by atoms with Gasteiger partial charge < -0.3 is 14.8 Å². The quantitative estimate of drug-likeness (QED) is 0.591. The van der Waals surface area contributed by atoms with Gasteiger partial charge in [-0.05, 0) is 18.2 Å². The Kier molecular flexibility index (Phi) is 5.37. The molecule has 116 valence electrons. The number of hydrogen-bond donors (Lipinski definition) is 1. The van der Waals surface area contributed by atoms with Crippen molar-refractivity contribution in [3.8, 4) is 22.1 Å². The molecule has 1 N–H and O–H groups in total. The van der Waals surface area contributed by atoms with Crippen LogP contribution in [0, 0.1) is 0 Å². The normalized spacial score (nSPS) is 12.5. The average molecular weight is 334 g/mol. The van der Waals surface area contributed by atoms with Crippen molar-refractivity contribution in [2.24, 2.45) is 0 Å². The number of thiazole rings is 1. The monoisotopic (exact) mass is 334 g/mol. The molecule has 2 heterocycles. The van der Waals surface area contributed by atoms with Crippen LogP contribution in [0.5, 0.6) is 11.5 Å². The maximum atomic E-state index is 5.41. The summed E-state index contributed by atoms with van der Waals surface area (Å²) in [5.74, 6) is 3.70. The first-order valence-corrected chi connectivity index (χ1v) is 9.14. The van der Waals surface area contributed by atoms with Crippen LogP contribution in [0.15, 0.2) is 36.2 Å². The molecule has 3 rings (SSSR count). The van der Waals surface area contributed by atoms with Crippen molar-refractivity contribution < 1.29 is 9.47 Å². The number of benzene rings is 1. The molecule has 1 aromatic carbocycles. The molecule has 2 aromatic rings. The van der Waals surface area contributed by atoms with Crippen molar-refractivity contribution in [1.29, 1.82) is 0 Å². The summed E-state index contributed by atoms with van der Waals surface area (Å²) >= 11 is 3.53. The second-order valence-corrected chi connectivity index (χ2v) is 6.76. The molecule has 1 aromatic heterocycles. The lowest BCUT2D eigenvalue weighted by Crippen LogP contribution is -2.16. The minimum atomic E-state index is 0.301. The standard InChI is InChI=1S/C16H18N2O2S2/c1-2-6-21-7-5-17-9-13-10-22-16(18-13)12-3-4-14-15(8-12)20-11-19-14/h2-4,8,10,17H,1,5-7,9,11H2. The maximum Gasteiger partial charge on any atom is 0.231 e. The summed E-state index contributed by atoms with van der Waals surface area (Å²) in [5, 5.41) is 6.52. The van der Waals surface area contributed by atoms with Crippen molar-refractivity contribution in [2.45, 2.75) is 6.54 Å². The van der Waals surface area contributed by atoms with Gasteiger partial charge in [0.25, 0.3) is 0 Å². The number of nitrogens with zero attached hydrogens (tertiary/aromatic N) is 1. The summed E-state index contributed by atoms with van der Waals surface area (Å²) in [7, 11) is 0. The smallest absolute Gasteiger partial charge is 0.231 e. The summed E-state index contributed by atoms with van der Waals surface area (Å²) in [5.41, 5.74) is 2.15. The lowest BCUT2D eigenvalue weighted by molar-refractivity contribution is 0.174. The van der Waals surface area contributed by atoms with Gasteiger partial charge in [0.1, 0.15) is 5.01 Å². The van der Waals surface area contributed by atoms with Gasteiger partial charge >= 0.3 is 0 Å². The molecule has 1 aliphatic rings. The van der Waals surface area contributed by atoms with Gasteiger partial charge in [-0.1, -0.05) is 6.08 Å². The van der Waals surface area contributed by atoms with Gasteiger partial charge in [-0.3, -0.25) is 0 Å². The molecule has 0 saturated carbocycles. The van der Waals surface area contributed by atoms with Crippen LogP contribution >= 0.6 is 23.1 Å². The van der Waals surface area contributed by atoms with Crippen LogP contribution in [-0.4, -0.2) is 29.8 Å². The van der Waals surface area contributed by atoms with Gasteiger partial charge in [-0.25, -0.2) is 4.98 Å². The Morgan fingerprint density at radius 3 is 3.18 bits per heavy atom. The molecule has 0 radical (unpaired) electrons. The Balaban J connectivity index is 1.54. The second-order valence-electron chi connectivity index (χ2n) is 4.75. The number of ether oxygens (including phenoxy) is 2. The molecule has 0 spiro atoms. The fourth-order valence-corrected chi connectivity index (χ4v) is 3.52. The lowest BCUT2D eigenvalue weighted by Gasteiger charge is -2.01. The van der Waals surface area contributed by atoms with Crippen LogP contribution in [0.25, 0.3) is 10.6 Å². The van der Waals surface area contributed by atoms with Gasteiger partial charge in [0, 0.05) is 35.5 Å². The van der Waals surface area contributed by atoms with E-state index in [1.165, 1.54) is 0 Å². The highest BCUT2D eigenvalue weighted by Gasteiger charge is 2.15. The first-order chi connectivity index (χ1) is 10.9. The Morgan fingerprint density at radius 1 is 1.36 bits per heavy atom. The zero-order chi connectivity index (χ0) is 15.2. The van der Waals surface area contributed by atoms with Crippen molar-refractivity contribution >= 4 is 23.1 Å². The van der Waals surface area contributed by atoms with Gasteiger partial charge in [0.15, 0.2) is 11.5 Å². The lowest BCUT2D eigenvalue weighted by atomic mass is 10.2. The largest absolute Gasteiger partial charge is 0.454 e. The first kappa shape index (κ1) is 15.4. The van der Waals surface area contributed by atoms with Crippen molar-refractivity contribution in [3.63, 3.8) is 0 Å². The van der Waals surface area contributed by atoms with E-state index < -0.39 is 0 Å². The molecular formula is C16H18N2O2S2. The highest BCUT2D eigenvalue weighted by molar-refractivity contribution is 7.99. The number of aromatic nitrogens is 1. The van der Waals surface area contributed by atoms with Crippen LogP contribution in [0.3, 0.4) is 0 Å². The maximum absolute atomic E-state index is 5.41. The zero-order valence-electron chi connectivity index (χ0n) is 12.2. The fraction of sp³-hybridized carbons (Fsp3) is 0.312. The van der Waals surface area contributed by atoms with Crippen molar-refractivity contribution in [1.82, 2.24) is 10.3 Å². The molecule has 6 heteroatoms. The minimum absolute atomic E-state index is 0.301. The molecule has 0 saturated heterocycles. The van der Waals surface area contributed by atoms with E-state index in [4.69, 9.17) is 9.47 Å². The third-order valence-electron chi connectivity index (χ3n) is 3.14. The minimum Gasteiger partial charge on any atom is -0.454 e. The van der Waals surface area contributed by atoms with Crippen LogP contribution in [0.2, 0.25) is 0 Å². The van der Waals surface area contributed by atoms with Crippen molar-refractivity contribution in [3.05, 3.63) is 41.9 Å². The molecule has 0 unspecified atom stereocenters. The topological polar surface area (TPSA) is 43.4 Å². The van der Waals surface area contributed by atoms with Gasteiger partial charge in [0.05, 0.1) is 5.69 Å². The van der Waals surface area contributed by atoms with E-state index in [1.54, 1.807) is 11.3 Å². The predicted octanol–water partition coefficient (Wildman–Crippen LogP) is 3.55. The highest BCUT2D eigenvalue weighted by atomic mass is 32.2. The van der Waals surface area contributed by atoms with Crippen LogP contribution < -0.4 is 14.8 Å². The van der Waals surface area contributed by atoms with Gasteiger partial charge in [-0.2, -0.15) is 11.8 Å². The number of nitrogens with one attached hydrogen (secondary N) is 1. The molecule has 1 aliphatic heterocycles. The molecule has 0 bridgehead atoms. The summed E-state index contributed by atoms with van der Waals surface area (Å²) in [4.78, 5) is 4.68. The van der Waals surface area contributed by atoms with E-state index in [9.17, 15) is 0 Å². The molecule has 0 atom stereocenters. The Morgan fingerprint density at radius 2 is 2.27 bits per heavy atom. The van der Waals surface area contributed by atoms with Crippen molar-refractivity contribution in [2.75, 3.05) is 24.8 Å². The third-order valence-corrected chi connectivity index (χ3v) is 5.04. The van der Waals surface area contributed by atoms with Crippen LogP contribution in [-0.2, 0) is 6.54 Å². The third kappa shape index (κ3) is 3.82. The van der Waals surface area contributed by atoms with E-state index in [1.807, 2.05) is 36.0 Å². The average Bonchev–Trinajstić information content (AvgIpc) is 3.18. The van der Waals surface area contributed by atoms with E-state index in [2.05, 4.69) is 22.3 Å². The van der Waals surface area contributed by atoms with Gasteiger partial charge in [0.2, 0.25) is 6.79 Å². The number of rotatable bonds is 8. The Hall–Kier alpha value is -1.50. The first-order valence-electron chi connectivity index (χ1n) is 7.10. The molecule has 0 amide bonds. The Labute approximate surface area is 138 Å². The van der Waals surface area contributed by atoms with Gasteiger partial charge in [-0.15, -0.1) is 17.9 Å². The zero-order valence-corrected chi connectivity index (χ0v) is 13.8. The molecule has 22 heavy (non-hydrogen) atoms. The van der Waals surface area contributed by atoms with E-state index >= 15 is 0 Å².